The zero-order chi connectivity index (χ0) is 24.1. The Hall–Kier alpha value is -3.27. The number of hydrogen-bond acceptors (Lipinski definition) is 6. The van der Waals surface area contributed by atoms with Crippen LogP contribution in [0.15, 0.2) is 35.7 Å². The van der Waals surface area contributed by atoms with Crippen molar-refractivity contribution in [2.45, 2.75) is 51.2 Å². The minimum Gasteiger partial charge on any atom is -0.481 e. The van der Waals surface area contributed by atoms with Gasteiger partial charge in [-0.3, -0.25) is 9.59 Å². The number of urea groups is 1. The largest absolute Gasteiger partial charge is 0.481 e. The van der Waals surface area contributed by atoms with Gasteiger partial charge in [-0.05, 0) is 35.6 Å². The van der Waals surface area contributed by atoms with Gasteiger partial charge in [-0.25, -0.2) is 4.79 Å². The lowest BCUT2D eigenvalue weighted by Crippen LogP contribution is -2.49. The van der Waals surface area contributed by atoms with E-state index in [-0.39, 0.29) is 25.2 Å². The summed E-state index contributed by atoms with van der Waals surface area (Å²) in [6.07, 6.45) is 1.89. The number of nitrogens with zero attached hydrogens (tertiary/aromatic N) is 2. The predicted molar refractivity (Wildman–Crippen MR) is 126 cm³/mol. The van der Waals surface area contributed by atoms with Gasteiger partial charge in [0.1, 0.15) is 6.04 Å². The second-order valence-electron chi connectivity index (χ2n) is 8.41. The van der Waals surface area contributed by atoms with E-state index >= 15 is 0 Å². The zero-order valence-corrected chi connectivity index (χ0v) is 19.9. The van der Waals surface area contributed by atoms with Crippen LogP contribution < -0.4 is 14.8 Å². The fourth-order valence-corrected chi connectivity index (χ4v) is 5.00. The molecule has 2 atom stereocenters. The van der Waals surface area contributed by atoms with Crippen molar-refractivity contribution < 1.29 is 29.0 Å². The topological polar surface area (TPSA) is 108 Å². The summed E-state index contributed by atoms with van der Waals surface area (Å²) >= 11 is 1.60. The quantitative estimate of drug-likeness (QED) is 0.501. The van der Waals surface area contributed by atoms with E-state index in [4.69, 9.17) is 9.47 Å². The van der Waals surface area contributed by atoms with Crippen molar-refractivity contribution in [2.75, 3.05) is 19.9 Å². The Bertz CT molecular complexity index is 1030. The van der Waals surface area contributed by atoms with Crippen molar-refractivity contribution in [2.24, 2.45) is 0 Å². The monoisotopic (exact) mass is 487 g/mol. The molecule has 0 spiro atoms. The van der Waals surface area contributed by atoms with Gasteiger partial charge in [0.05, 0.1) is 19.0 Å². The molecule has 1 aromatic heterocycles. The lowest BCUT2D eigenvalue weighted by molar-refractivity contribution is -0.138. The molecule has 1 fully saturated rings. The number of carbonyl (C=O) groups excluding carboxylic acids is 2. The average Bonchev–Trinajstić information content (AvgIpc) is 3.56. The zero-order valence-electron chi connectivity index (χ0n) is 19.1. The number of carbonyl (C=O) groups is 3. The molecule has 10 heteroatoms. The third-order valence-corrected chi connectivity index (χ3v) is 6.92. The van der Waals surface area contributed by atoms with Crippen molar-refractivity contribution in [3.8, 4) is 11.5 Å². The SMILES string of the molecule is CCCC[C@@H](C(=O)N[C@@H](CC(=O)O)c1ccc2c(c1)OCO2)N1CCN(Cc2cccs2)C1=O. The molecular formula is C24H29N3O6S. The van der Waals surface area contributed by atoms with E-state index in [0.29, 0.717) is 43.1 Å². The Morgan fingerprint density at radius 2 is 2.03 bits per heavy atom. The molecule has 2 aliphatic heterocycles. The Kier molecular flexibility index (Phi) is 7.56. The van der Waals surface area contributed by atoms with Crippen LogP contribution in [0, 0.1) is 0 Å². The summed E-state index contributed by atoms with van der Waals surface area (Å²) in [5.41, 5.74) is 0.612. The van der Waals surface area contributed by atoms with Gasteiger partial charge in [0.25, 0.3) is 0 Å². The van der Waals surface area contributed by atoms with Crippen LogP contribution in [0.25, 0.3) is 0 Å². The van der Waals surface area contributed by atoms with Crippen molar-refractivity contribution in [3.05, 3.63) is 46.2 Å². The van der Waals surface area contributed by atoms with Crippen LogP contribution in [0.4, 0.5) is 4.79 Å². The third-order valence-electron chi connectivity index (χ3n) is 6.06. The van der Waals surface area contributed by atoms with Crippen LogP contribution in [0.5, 0.6) is 11.5 Å². The molecule has 1 aromatic carbocycles. The number of thiophene rings is 1. The summed E-state index contributed by atoms with van der Waals surface area (Å²) in [6.45, 7) is 3.66. The van der Waals surface area contributed by atoms with Gasteiger partial charge >= 0.3 is 12.0 Å². The highest BCUT2D eigenvalue weighted by Crippen LogP contribution is 2.35. The highest BCUT2D eigenvalue weighted by molar-refractivity contribution is 7.09. The molecule has 0 bridgehead atoms. The smallest absolute Gasteiger partial charge is 0.321 e. The van der Waals surface area contributed by atoms with Crippen molar-refractivity contribution in [3.63, 3.8) is 0 Å². The molecule has 3 heterocycles. The average molecular weight is 488 g/mol. The fraction of sp³-hybridized carbons (Fsp3) is 0.458. The Morgan fingerprint density at radius 3 is 2.76 bits per heavy atom. The molecule has 0 saturated carbocycles. The summed E-state index contributed by atoms with van der Waals surface area (Å²) < 4.78 is 10.7. The standard InChI is InChI=1S/C24H29N3O6S/c1-2-3-6-19(27-10-9-26(24(27)31)14-17-5-4-11-34-17)23(30)25-18(13-22(28)29)16-7-8-20-21(12-16)33-15-32-20/h4-5,7-8,11-12,18-19H,2-3,6,9-10,13-15H2,1H3,(H,25,30)(H,28,29)/t18-,19-/m0/s1. The maximum atomic E-state index is 13.4. The van der Waals surface area contributed by atoms with E-state index in [1.807, 2.05) is 24.4 Å². The first-order chi connectivity index (χ1) is 16.5. The Balaban J connectivity index is 1.50. The van der Waals surface area contributed by atoms with Crippen LogP contribution in [-0.4, -0.2) is 58.7 Å². The second-order valence-corrected chi connectivity index (χ2v) is 9.44. The molecule has 0 radical (unpaired) electrons. The molecule has 9 nitrogen and oxygen atoms in total. The molecular weight excluding hydrogens is 458 g/mol. The number of hydrogen-bond donors (Lipinski definition) is 2. The predicted octanol–water partition coefficient (Wildman–Crippen LogP) is 3.61. The Morgan fingerprint density at radius 1 is 1.21 bits per heavy atom. The minimum absolute atomic E-state index is 0.104. The van der Waals surface area contributed by atoms with Crippen LogP contribution in [0.2, 0.25) is 0 Å². The first kappa shape index (κ1) is 23.9. The number of benzene rings is 1. The number of aliphatic carboxylic acids is 1. The lowest BCUT2D eigenvalue weighted by Gasteiger charge is -2.29. The van der Waals surface area contributed by atoms with Gasteiger partial charge in [-0.15, -0.1) is 11.3 Å². The molecule has 3 amide bonds. The summed E-state index contributed by atoms with van der Waals surface area (Å²) in [5.74, 6) is -0.279. The van der Waals surface area contributed by atoms with Gasteiger partial charge in [0.15, 0.2) is 11.5 Å². The summed E-state index contributed by atoms with van der Waals surface area (Å²) in [4.78, 5) is 42.6. The summed E-state index contributed by atoms with van der Waals surface area (Å²) in [6, 6.07) is 7.49. The number of unbranched alkanes of at least 4 members (excludes halogenated alkanes) is 1. The van der Waals surface area contributed by atoms with E-state index < -0.39 is 18.1 Å². The molecule has 2 aliphatic rings. The number of amides is 3. The number of fused-ring (bicyclic) bond motifs is 1. The van der Waals surface area contributed by atoms with Crippen LogP contribution in [0.3, 0.4) is 0 Å². The van der Waals surface area contributed by atoms with Crippen molar-refractivity contribution in [1.82, 2.24) is 15.1 Å². The van der Waals surface area contributed by atoms with E-state index in [0.717, 1.165) is 17.7 Å². The number of nitrogens with one attached hydrogen (secondary N) is 1. The number of carboxylic acid groups (broad SMARTS) is 1. The van der Waals surface area contributed by atoms with Gasteiger partial charge in [0.2, 0.25) is 12.7 Å². The number of ether oxygens (including phenoxy) is 2. The molecule has 4 rings (SSSR count). The first-order valence-electron chi connectivity index (χ1n) is 11.5. The molecule has 182 valence electrons. The van der Waals surface area contributed by atoms with Gasteiger partial charge in [-0.2, -0.15) is 0 Å². The molecule has 2 N–H and O–H groups in total. The molecule has 2 aromatic rings. The maximum Gasteiger partial charge on any atom is 0.321 e. The highest BCUT2D eigenvalue weighted by atomic mass is 32.1. The van der Waals surface area contributed by atoms with E-state index in [9.17, 15) is 19.5 Å². The van der Waals surface area contributed by atoms with Crippen LogP contribution in [-0.2, 0) is 16.1 Å². The van der Waals surface area contributed by atoms with Crippen molar-refractivity contribution >= 4 is 29.2 Å². The van der Waals surface area contributed by atoms with Crippen molar-refractivity contribution in [1.29, 1.82) is 0 Å². The molecule has 34 heavy (non-hydrogen) atoms. The molecule has 1 saturated heterocycles. The minimum atomic E-state index is -1.03. The van der Waals surface area contributed by atoms with E-state index in [2.05, 4.69) is 5.32 Å². The Labute approximate surface area is 202 Å². The highest BCUT2D eigenvalue weighted by Gasteiger charge is 2.38. The summed E-state index contributed by atoms with van der Waals surface area (Å²) in [5, 5.41) is 14.3. The summed E-state index contributed by atoms with van der Waals surface area (Å²) in [7, 11) is 0. The molecule has 0 aliphatic carbocycles. The maximum absolute atomic E-state index is 13.4. The normalized spacial score (nSPS) is 16.6. The first-order valence-corrected chi connectivity index (χ1v) is 12.3. The second kappa shape index (κ2) is 10.8. The van der Waals surface area contributed by atoms with Gasteiger partial charge in [-0.1, -0.05) is 31.9 Å². The number of carboxylic acids is 1. The van der Waals surface area contributed by atoms with Crippen LogP contribution >= 0.6 is 11.3 Å². The fourth-order valence-electron chi connectivity index (χ4n) is 4.28. The number of rotatable bonds is 11. The lowest BCUT2D eigenvalue weighted by atomic mass is 10.0. The molecule has 0 unspecified atom stereocenters. The van der Waals surface area contributed by atoms with Gasteiger partial charge < -0.3 is 29.7 Å². The third kappa shape index (κ3) is 5.44. The van der Waals surface area contributed by atoms with Gasteiger partial charge in [0, 0.05) is 18.0 Å². The van der Waals surface area contributed by atoms with E-state index in [1.165, 1.54) is 0 Å². The van der Waals surface area contributed by atoms with Crippen LogP contribution in [0.1, 0.15) is 49.1 Å². The van der Waals surface area contributed by atoms with E-state index in [1.54, 1.807) is 39.3 Å².